The molecule has 26 heavy (non-hydrogen) atoms. The minimum absolute atomic E-state index is 0.0575. The third-order valence-electron chi connectivity index (χ3n) is 3.61. The van der Waals surface area contributed by atoms with E-state index in [1.165, 1.54) is 0 Å². The smallest absolute Gasteiger partial charge is 0.233 e. The second-order valence-corrected chi connectivity index (χ2v) is 6.41. The summed E-state index contributed by atoms with van der Waals surface area (Å²) in [5.74, 6) is 1.15. The Morgan fingerprint density at radius 2 is 1.96 bits per heavy atom. The lowest BCUT2D eigenvalue weighted by atomic mass is 10.1. The fourth-order valence-electron chi connectivity index (χ4n) is 2.29. The Balaban J connectivity index is 1.38. The van der Waals surface area contributed by atoms with Gasteiger partial charge in [0, 0.05) is 6.07 Å². The molecule has 0 aliphatic heterocycles. The summed E-state index contributed by atoms with van der Waals surface area (Å²) >= 11 is 1.61. The molecule has 1 amide bonds. The van der Waals surface area contributed by atoms with Crippen LogP contribution in [0.15, 0.2) is 53.9 Å². The molecule has 0 unspecified atom stereocenters. The van der Waals surface area contributed by atoms with E-state index in [4.69, 9.17) is 9.47 Å². The fraction of sp³-hybridized carbons (Fsp3) is 0.211. The zero-order valence-corrected chi connectivity index (χ0v) is 15.2. The first-order chi connectivity index (χ1) is 12.7. The standard InChI is InChI=1S/C19H19N3O3S/c1-24-15-6-4-14(5-7-15)13-18(23)20-10-11-25-19-9-8-16(21-22-19)17-3-2-12-26-17/h2-9,12H,10-11,13H2,1H3,(H,20,23). The average Bonchev–Trinajstić information content (AvgIpc) is 3.21. The van der Waals surface area contributed by atoms with Crippen LogP contribution in [-0.2, 0) is 11.2 Å². The van der Waals surface area contributed by atoms with E-state index in [1.54, 1.807) is 24.5 Å². The molecule has 0 radical (unpaired) electrons. The molecule has 1 N–H and O–H groups in total. The van der Waals surface area contributed by atoms with Crippen molar-refractivity contribution in [3.05, 3.63) is 59.5 Å². The molecule has 0 saturated carbocycles. The van der Waals surface area contributed by atoms with Crippen molar-refractivity contribution in [3.63, 3.8) is 0 Å². The number of hydrogen-bond donors (Lipinski definition) is 1. The first-order valence-corrected chi connectivity index (χ1v) is 9.02. The lowest BCUT2D eigenvalue weighted by Crippen LogP contribution is -2.29. The number of carbonyl (C=O) groups is 1. The highest BCUT2D eigenvalue weighted by molar-refractivity contribution is 7.13. The van der Waals surface area contributed by atoms with Gasteiger partial charge in [0.15, 0.2) is 0 Å². The van der Waals surface area contributed by atoms with Gasteiger partial charge in [0.1, 0.15) is 18.1 Å². The van der Waals surface area contributed by atoms with Crippen LogP contribution in [0, 0.1) is 0 Å². The van der Waals surface area contributed by atoms with E-state index in [9.17, 15) is 4.79 Å². The molecule has 3 rings (SSSR count). The van der Waals surface area contributed by atoms with Gasteiger partial charge in [-0.25, -0.2) is 0 Å². The van der Waals surface area contributed by atoms with Crippen molar-refractivity contribution in [3.8, 4) is 22.2 Å². The van der Waals surface area contributed by atoms with E-state index in [0.29, 0.717) is 25.5 Å². The predicted octanol–water partition coefficient (Wildman–Crippen LogP) is 2.95. The summed E-state index contributed by atoms with van der Waals surface area (Å²) < 4.78 is 10.6. The van der Waals surface area contributed by atoms with Crippen LogP contribution < -0.4 is 14.8 Å². The van der Waals surface area contributed by atoms with Crippen LogP contribution in [0.4, 0.5) is 0 Å². The Hall–Kier alpha value is -2.93. The summed E-state index contributed by atoms with van der Waals surface area (Å²) in [5.41, 5.74) is 1.75. The van der Waals surface area contributed by atoms with Gasteiger partial charge in [0.2, 0.25) is 11.8 Å². The van der Waals surface area contributed by atoms with E-state index in [0.717, 1.165) is 21.9 Å². The summed E-state index contributed by atoms with van der Waals surface area (Å²) in [6.07, 6.45) is 0.319. The number of nitrogens with one attached hydrogen (secondary N) is 1. The van der Waals surface area contributed by atoms with Gasteiger partial charge in [0.05, 0.1) is 25.0 Å². The molecular weight excluding hydrogens is 350 g/mol. The number of aromatic nitrogens is 2. The molecule has 0 aliphatic rings. The van der Waals surface area contributed by atoms with E-state index in [1.807, 2.05) is 47.8 Å². The highest BCUT2D eigenvalue weighted by Crippen LogP contribution is 2.22. The van der Waals surface area contributed by atoms with E-state index >= 15 is 0 Å². The minimum Gasteiger partial charge on any atom is -0.497 e. The third-order valence-corrected chi connectivity index (χ3v) is 4.50. The van der Waals surface area contributed by atoms with Gasteiger partial charge < -0.3 is 14.8 Å². The highest BCUT2D eigenvalue weighted by atomic mass is 32.1. The topological polar surface area (TPSA) is 73.3 Å². The highest BCUT2D eigenvalue weighted by Gasteiger charge is 2.05. The molecule has 134 valence electrons. The summed E-state index contributed by atoms with van der Waals surface area (Å²) in [5, 5.41) is 13.0. The Bertz CT molecular complexity index is 818. The molecule has 0 bridgehead atoms. The summed E-state index contributed by atoms with van der Waals surface area (Å²) in [6, 6.07) is 15.0. The molecule has 3 aromatic rings. The van der Waals surface area contributed by atoms with Crippen molar-refractivity contribution in [2.45, 2.75) is 6.42 Å². The van der Waals surface area contributed by atoms with Crippen molar-refractivity contribution in [1.82, 2.24) is 15.5 Å². The van der Waals surface area contributed by atoms with E-state index in [-0.39, 0.29) is 5.91 Å². The monoisotopic (exact) mass is 369 g/mol. The summed E-state index contributed by atoms with van der Waals surface area (Å²) in [7, 11) is 1.61. The van der Waals surface area contributed by atoms with Gasteiger partial charge in [-0.2, -0.15) is 0 Å². The number of rotatable bonds is 8. The van der Waals surface area contributed by atoms with Crippen LogP contribution in [0.2, 0.25) is 0 Å². The summed E-state index contributed by atoms with van der Waals surface area (Å²) in [6.45, 7) is 0.741. The molecule has 2 aromatic heterocycles. The van der Waals surface area contributed by atoms with Gasteiger partial charge >= 0.3 is 0 Å². The number of ether oxygens (including phenoxy) is 2. The average molecular weight is 369 g/mol. The summed E-state index contributed by atoms with van der Waals surface area (Å²) in [4.78, 5) is 13.0. The van der Waals surface area contributed by atoms with E-state index < -0.39 is 0 Å². The second-order valence-electron chi connectivity index (χ2n) is 5.46. The number of carbonyl (C=O) groups excluding carboxylic acids is 1. The molecule has 1 aromatic carbocycles. The minimum atomic E-state index is -0.0575. The molecule has 7 heteroatoms. The zero-order chi connectivity index (χ0) is 18.2. The number of benzene rings is 1. The largest absolute Gasteiger partial charge is 0.497 e. The normalized spacial score (nSPS) is 10.3. The van der Waals surface area contributed by atoms with Crippen LogP contribution >= 0.6 is 11.3 Å². The lowest BCUT2D eigenvalue weighted by molar-refractivity contribution is -0.120. The number of amides is 1. The number of methoxy groups -OCH3 is 1. The van der Waals surface area contributed by atoms with Crippen LogP contribution in [0.3, 0.4) is 0 Å². The van der Waals surface area contributed by atoms with Gasteiger partial charge in [0.25, 0.3) is 0 Å². The van der Waals surface area contributed by atoms with E-state index in [2.05, 4.69) is 15.5 Å². The molecular formula is C19H19N3O3S. The van der Waals surface area contributed by atoms with Crippen LogP contribution in [-0.4, -0.2) is 36.4 Å². The molecule has 6 nitrogen and oxygen atoms in total. The number of hydrogen-bond acceptors (Lipinski definition) is 6. The van der Waals surface area contributed by atoms with Crippen molar-refractivity contribution in [1.29, 1.82) is 0 Å². The first-order valence-electron chi connectivity index (χ1n) is 8.14. The first kappa shape index (κ1) is 17.9. The number of nitrogens with zero attached hydrogens (tertiary/aromatic N) is 2. The van der Waals surface area contributed by atoms with Crippen molar-refractivity contribution in [2.24, 2.45) is 0 Å². The van der Waals surface area contributed by atoms with Crippen molar-refractivity contribution in [2.75, 3.05) is 20.3 Å². The Morgan fingerprint density at radius 3 is 2.62 bits per heavy atom. The lowest BCUT2D eigenvalue weighted by Gasteiger charge is -2.07. The molecule has 0 saturated heterocycles. The Kier molecular flexibility index (Phi) is 6.16. The molecule has 0 atom stereocenters. The quantitative estimate of drug-likeness (QED) is 0.618. The van der Waals surface area contributed by atoms with Gasteiger partial charge in [-0.15, -0.1) is 21.5 Å². The molecule has 0 aliphatic carbocycles. The van der Waals surface area contributed by atoms with Crippen LogP contribution in [0.5, 0.6) is 11.6 Å². The Morgan fingerprint density at radius 1 is 1.12 bits per heavy atom. The van der Waals surface area contributed by atoms with Gasteiger partial charge in [-0.1, -0.05) is 18.2 Å². The maximum absolute atomic E-state index is 11.9. The molecule has 0 spiro atoms. The maximum atomic E-state index is 11.9. The second kappa shape index (κ2) is 8.96. The fourth-order valence-corrected chi connectivity index (χ4v) is 2.98. The van der Waals surface area contributed by atoms with Gasteiger partial charge in [-0.3, -0.25) is 4.79 Å². The molecule has 0 fully saturated rings. The zero-order valence-electron chi connectivity index (χ0n) is 14.3. The predicted molar refractivity (Wildman–Crippen MR) is 101 cm³/mol. The van der Waals surface area contributed by atoms with Gasteiger partial charge in [-0.05, 0) is 35.2 Å². The number of thiophene rings is 1. The van der Waals surface area contributed by atoms with Crippen molar-refractivity contribution < 1.29 is 14.3 Å². The Labute approximate surface area is 155 Å². The molecule has 2 heterocycles. The van der Waals surface area contributed by atoms with Crippen LogP contribution in [0.25, 0.3) is 10.6 Å². The SMILES string of the molecule is COc1ccc(CC(=O)NCCOc2ccc(-c3cccs3)nn2)cc1. The maximum Gasteiger partial charge on any atom is 0.233 e. The third kappa shape index (κ3) is 5.03. The van der Waals surface area contributed by atoms with Crippen LogP contribution in [0.1, 0.15) is 5.56 Å². The van der Waals surface area contributed by atoms with Crippen molar-refractivity contribution >= 4 is 17.2 Å².